The molecule has 0 atom stereocenters. The van der Waals surface area contributed by atoms with Crippen molar-refractivity contribution in [2.75, 3.05) is 20.2 Å². The summed E-state index contributed by atoms with van der Waals surface area (Å²) < 4.78 is 5.14. The molecule has 0 saturated carbocycles. The Labute approximate surface area is 156 Å². The van der Waals surface area contributed by atoms with Crippen molar-refractivity contribution in [1.29, 1.82) is 0 Å². The molecule has 7 nitrogen and oxygen atoms in total. The van der Waals surface area contributed by atoms with Gasteiger partial charge >= 0.3 is 6.09 Å². The van der Waals surface area contributed by atoms with Crippen LogP contribution in [0.25, 0.3) is 10.4 Å². The number of nitrogens with zero attached hydrogens (tertiary/aromatic N) is 2. The normalized spacial score (nSPS) is 11.1. The van der Waals surface area contributed by atoms with Gasteiger partial charge in [0, 0.05) is 18.6 Å². The molecule has 0 aliphatic carbocycles. The second kappa shape index (κ2) is 8.18. The summed E-state index contributed by atoms with van der Waals surface area (Å²) in [5.74, 6) is 0.413. The molecule has 26 heavy (non-hydrogen) atoms. The molecule has 1 aromatic heterocycles. The molecular weight excluding hydrogens is 354 g/mol. The fraction of sp³-hybridized carbons (Fsp3) is 0.389. The number of hydrogen-bond donors (Lipinski definition) is 2. The Morgan fingerprint density at radius 1 is 1.27 bits per heavy atom. The number of aromatic nitrogens is 1. The summed E-state index contributed by atoms with van der Waals surface area (Å²) in [5, 5.41) is 12.0. The van der Waals surface area contributed by atoms with E-state index in [1.165, 1.54) is 16.2 Å². The number of carboxylic acid groups (broad SMARTS) is 1. The van der Waals surface area contributed by atoms with Gasteiger partial charge in [-0.05, 0) is 50.6 Å². The van der Waals surface area contributed by atoms with Crippen molar-refractivity contribution in [3.8, 4) is 16.2 Å². The molecule has 2 amide bonds. The molecule has 0 aliphatic heterocycles. The standard InChI is InChI=1S/C18H23N3O4S/c1-18(2,3)21(17(23)24)10-9-19-16(22)14-15(26-11-20-14)12-5-7-13(25-4)8-6-12/h5-8,11H,9-10H2,1-4H3,(H,19,22)(H,23,24). The van der Waals surface area contributed by atoms with Gasteiger partial charge in [0.2, 0.25) is 0 Å². The van der Waals surface area contributed by atoms with Crippen LogP contribution in [0.4, 0.5) is 4.79 Å². The van der Waals surface area contributed by atoms with E-state index in [9.17, 15) is 14.7 Å². The van der Waals surface area contributed by atoms with E-state index in [0.29, 0.717) is 5.69 Å². The largest absolute Gasteiger partial charge is 0.497 e. The van der Waals surface area contributed by atoms with Crippen LogP contribution in [0.1, 0.15) is 31.3 Å². The summed E-state index contributed by atoms with van der Waals surface area (Å²) in [4.78, 5) is 30.0. The van der Waals surface area contributed by atoms with Crippen LogP contribution in [0, 0.1) is 0 Å². The summed E-state index contributed by atoms with van der Waals surface area (Å²) in [6, 6.07) is 7.39. The van der Waals surface area contributed by atoms with Crippen molar-refractivity contribution in [2.45, 2.75) is 26.3 Å². The van der Waals surface area contributed by atoms with E-state index in [0.717, 1.165) is 16.2 Å². The number of thiazole rings is 1. The van der Waals surface area contributed by atoms with Crippen LogP contribution >= 0.6 is 11.3 Å². The lowest BCUT2D eigenvalue weighted by molar-refractivity contribution is 0.0889. The minimum atomic E-state index is -1.01. The van der Waals surface area contributed by atoms with Crippen LogP contribution in [0.5, 0.6) is 5.75 Å². The number of rotatable bonds is 6. The first kappa shape index (κ1) is 19.7. The van der Waals surface area contributed by atoms with E-state index in [2.05, 4.69) is 10.3 Å². The van der Waals surface area contributed by atoms with Crippen LogP contribution in [-0.2, 0) is 0 Å². The lowest BCUT2D eigenvalue weighted by Crippen LogP contribution is -2.48. The smallest absolute Gasteiger partial charge is 0.407 e. The Hall–Kier alpha value is -2.61. The summed E-state index contributed by atoms with van der Waals surface area (Å²) >= 11 is 1.38. The number of hydrogen-bond acceptors (Lipinski definition) is 5. The molecule has 8 heteroatoms. The van der Waals surface area contributed by atoms with Gasteiger partial charge in [-0.15, -0.1) is 11.3 Å². The van der Waals surface area contributed by atoms with E-state index < -0.39 is 11.6 Å². The average Bonchev–Trinajstić information content (AvgIpc) is 3.06. The molecule has 0 radical (unpaired) electrons. The molecule has 0 aliphatic rings. The Bertz CT molecular complexity index is 765. The van der Waals surface area contributed by atoms with Crippen LogP contribution in [0.15, 0.2) is 29.8 Å². The second-order valence-corrected chi connectivity index (χ2v) is 7.47. The Morgan fingerprint density at radius 2 is 1.92 bits per heavy atom. The molecule has 0 spiro atoms. The van der Waals surface area contributed by atoms with Crippen molar-refractivity contribution < 1.29 is 19.4 Å². The quantitative estimate of drug-likeness (QED) is 0.806. The molecule has 0 unspecified atom stereocenters. The summed E-state index contributed by atoms with van der Waals surface area (Å²) in [6.45, 7) is 5.84. The van der Waals surface area contributed by atoms with E-state index >= 15 is 0 Å². The van der Waals surface area contributed by atoms with Gasteiger partial charge in [0.05, 0.1) is 17.5 Å². The molecule has 2 aromatic rings. The van der Waals surface area contributed by atoms with Crippen LogP contribution in [0.2, 0.25) is 0 Å². The Morgan fingerprint density at radius 3 is 2.46 bits per heavy atom. The van der Waals surface area contributed by atoms with Gasteiger partial charge in [0.15, 0.2) is 0 Å². The number of carbonyl (C=O) groups is 2. The first-order chi connectivity index (χ1) is 12.2. The maximum atomic E-state index is 12.5. The highest BCUT2D eigenvalue weighted by Gasteiger charge is 2.26. The number of ether oxygens (including phenoxy) is 1. The zero-order valence-electron chi connectivity index (χ0n) is 15.3. The third-order valence-corrected chi connectivity index (χ3v) is 4.67. The molecule has 1 heterocycles. The fourth-order valence-corrected chi connectivity index (χ4v) is 3.23. The third-order valence-electron chi connectivity index (χ3n) is 3.80. The topological polar surface area (TPSA) is 91.8 Å². The predicted octanol–water partition coefficient (Wildman–Crippen LogP) is 3.33. The predicted molar refractivity (Wildman–Crippen MR) is 101 cm³/mol. The molecule has 2 N–H and O–H groups in total. The monoisotopic (exact) mass is 377 g/mol. The molecule has 0 bridgehead atoms. The third kappa shape index (κ3) is 4.72. The first-order valence-corrected chi connectivity index (χ1v) is 8.98. The highest BCUT2D eigenvalue weighted by atomic mass is 32.1. The van der Waals surface area contributed by atoms with Gasteiger partial charge in [-0.3, -0.25) is 4.79 Å². The maximum absolute atomic E-state index is 12.5. The fourth-order valence-electron chi connectivity index (χ4n) is 2.44. The minimum Gasteiger partial charge on any atom is -0.497 e. The van der Waals surface area contributed by atoms with E-state index in [-0.39, 0.29) is 19.0 Å². The number of amides is 2. The van der Waals surface area contributed by atoms with E-state index in [1.54, 1.807) is 12.6 Å². The van der Waals surface area contributed by atoms with Crippen molar-refractivity contribution in [1.82, 2.24) is 15.2 Å². The SMILES string of the molecule is COc1ccc(-c2scnc2C(=O)NCCN(C(=O)O)C(C)(C)C)cc1. The molecule has 2 rings (SSSR count). The molecule has 140 valence electrons. The molecule has 0 fully saturated rings. The van der Waals surface area contributed by atoms with Gasteiger partial charge in [0.25, 0.3) is 5.91 Å². The number of methoxy groups -OCH3 is 1. The lowest BCUT2D eigenvalue weighted by atomic mass is 10.1. The van der Waals surface area contributed by atoms with Crippen molar-refractivity contribution >= 4 is 23.3 Å². The van der Waals surface area contributed by atoms with Crippen LogP contribution in [-0.4, -0.2) is 52.7 Å². The van der Waals surface area contributed by atoms with Gasteiger partial charge in [-0.2, -0.15) is 0 Å². The highest BCUT2D eigenvalue weighted by Crippen LogP contribution is 2.29. The van der Waals surface area contributed by atoms with Gasteiger partial charge < -0.3 is 20.1 Å². The maximum Gasteiger partial charge on any atom is 0.407 e. The lowest BCUT2D eigenvalue weighted by Gasteiger charge is -2.33. The van der Waals surface area contributed by atoms with Crippen molar-refractivity contribution in [2.24, 2.45) is 0 Å². The van der Waals surface area contributed by atoms with Crippen molar-refractivity contribution in [3.63, 3.8) is 0 Å². The Kier molecular flexibility index (Phi) is 6.20. The molecule has 0 saturated heterocycles. The highest BCUT2D eigenvalue weighted by molar-refractivity contribution is 7.13. The number of nitrogens with one attached hydrogen (secondary N) is 1. The van der Waals surface area contributed by atoms with Crippen LogP contribution in [0.3, 0.4) is 0 Å². The van der Waals surface area contributed by atoms with E-state index in [4.69, 9.17) is 4.74 Å². The molecular formula is C18H23N3O4S. The zero-order valence-corrected chi connectivity index (χ0v) is 16.1. The number of benzene rings is 1. The zero-order chi connectivity index (χ0) is 19.3. The molecule has 1 aromatic carbocycles. The minimum absolute atomic E-state index is 0.201. The van der Waals surface area contributed by atoms with Gasteiger partial charge in [-0.1, -0.05) is 0 Å². The van der Waals surface area contributed by atoms with E-state index in [1.807, 2.05) is 45.0 Å². The van der Waals surface area contributed by atoms with Gasteiger partial charge in [0.1, 0.15) is 11.4 Å². The van der Waals surface area contributed by atoms with Gasteiger partial charge in [-0.25, -0.2) is 9.78 Å². The van der Waals surface area contributed by atoms with Crippen molar-refractivity contribution in [3.05, 3.63) is 35.5 Å². The average molecular weight is 377 g/mol. The second-order valence-electron chi connectivity index (χ2n) is 6.62. The summed E-state index contributed by atoms with van der Waals surface area (Å²) in [5.41, 5.74) is 2.29. The van der Waals surface area contributed by atoms with Crippen LogP contribution < -0.4 is 10.1 Å². The summed E-state index contributed by atoms with van der Waals surface area (Å²) in [7, 11) is 1.60. The Balaban J connectivity index is 2.05. The number of carbonyl (C=O) groups excluding carboxylic acids is 1. The summed E-state index contributed by atoms with van der Waals surface area (Å²) in [6.07, 6.45) is -1.01. The first-order valence-electron chi connectivity index (χ1n) is 8.10.